The summed E-state index contributed by atoms with van der Waals surface area (Å²) in [5, 5.41) is 20.6. The van der Waals surface area contributed by atoms with Gasteiger partial charge in [-0.25, -0.2) is 4.79 Å². The van der Waals surface area contributed by atoms with E-state index in [0.29, 0.717) is 0 Å². The largest absolute Gasteiger partial charge is 0.480 e. The number of aliphatic carboxylic acids is 1. The van der Waals surface area contributed by atoms with Gasteiger partial charge in [-0.05, 0) is 25.2 Å². The van der Waals surface area contributed by atoms with E-state index in [1.807, 2.05) is 13.8 Å². The molecule has 3 N–H and O–H groups in total. The lowest BCUT2D eigenvalue weighted by atomic mass is 9.81. The molecule has 5 heteroatoms. The standard InChI is InChI=1S/C12H21NO4/c1-7(14)9(11(16)17)13-10(15)8-5-4-6-12(8,2)3/h7-9,14H,4-6H2,1-3H3,(H,13,15)(H,16,17)/t7-,8?,9+/m1/s1. The molecule has 1 unspecified atom stereocenters. The number of amides is 1. The summed E-state index contributed by atoms with van der Waals surface area (Å²) in [6, 6.07) is -1.22. The Morgan fingerprint density at radius 2 is 2.00 bits per heavy atom. The van der Waals surface area contributed by atoms with Gasteiger partial charge in [0.15, 0.2) is 6.04 Å². The van der Waals surface area contributed by atoms with Crippen LogP contribution in [-0.4, -0.2) is 34.2 Å². The van der Waals surface area contributed by atoms with Crippen molar-refractivity contribution in [1.29, 1.82) is 0 Å². The summed E-state index contributed by atoms with van der Waals surface area (Å²) in [5.41, 5.74) is -0.0914. The van der Waals surface area contributed by atoms with Gasteiger partial charge in [-0.1, -0.05) is 20.3 Å². The van der Waals surface area contributed by atoms with Crippen LogP contribution >= 0.6 is 0 Å². The fourth-order valence-corrected chi connectivity index (χ4v) is 2.46. The third-order valence-corrected chi connectivity index (χ3v) is 3.62. The molecule has 3 atom stereocenters. The van der Waals surface area contributed by atoms with E-state index in [1.54, 1.807) is 0 Å². The van der Waals surface area contributed by atoms with Crippen LogP contribution in [0.1, 0.15) is 40.0 Å². The number of carboxylic acid groups (broad SMARTS) is 1. The topological polar surface area (TPSA) is 86.6 Å². The molecule has 0 aliphatic heterocycles. The van der Waals surface area contributed by atoms with Crippen LogP contribution in [-0.2, 0) is 9.59 Å². The first-order chi connectivity index (χ1) is 7.75. The van der Waals surface area contributed by atoms with E-state index in [4.69, 9.17) is 5.11 Å². The second kappa shape index (κ2) is 5.04. The lowest BCUT2D eigenvalue weighted by molar-refractivity contribution is -0.146. The first-order valence-corrected chi connectivity index (χ1v) is 5.97. The van der Waals surface area contributed by atoms with Gasteiger partial charge in [0.2, 0.25) is 5.91 Å². The van der Waals surface area contributed by atoms with Crippen molar-refractivity contribution in [3.05, 3.63) is 0 Å². The Morgan fingerprint density at radius 1 is 1.41 bits per heavy atom. The van der Waals surface area contributed by atoms with Gasteiger partial charge < -0.3 is 15.5 Å². The van der Waals surface area contributed by atoms with E-state index in [0.717, 1.165) is 19.3 Å². The van der Waals surface area contributed by atoms with Crippen molar-refractivity contribution in [1.82, 2.24) is 5.32 Å². The van der Waals surface area contributed by atoms with E-state index < -0.39 is 18.1 Å². The van der Waals surface area contributed by atoms with Gasteiger partial charge in [-0.3, -0.25) is 4.79 Å². The first-order valence-electron chi connectivity index (χ1n) is 5.97. The molecule has 0 saturated heterocycles. The highest BCUT2D eigenvalue weighted by atomic mass is 16.4. The predicted molar refractivity (Wildman–Crippen MR) is 62.4 cm³/mol. The molecule has 17 heavy (non-hydrogen) atoms. The Balaban J connectivity index is 2.68. The summed E-state index contributed by atoms with van der Waals surface area (Å²) in [5.74, 6) is -1.63. The molecule has 1 aliphatic carbocycles. The van der Waals surface area contributed by atoms with Gasteiger partial charge in [-0.15, -0.1) is 0 Å². The molecule has 0 aromatic heterocycles. The van der Waals surface area contributed by atoms with Gasteiger partial charge >= 0.3 is 5.97 Å². The van der Waals surface area contributed by atoms with Crippen molar-refractivity contribution in [2.24, 2.45) is 11.3 Å². The van der Waals surface area contributed by atoms with Crippen molar-refractivity contribution < 1.29 is 19.8 Å². The Morgan fingerprint density at radius 3 is 2.35 bits per heavy atom. The summed E-state index contributed by atoms with van der Waals surface area (Å²) < 4.78 is 0. The Bertz CT molecular complexity index is 312. The quantitative estimate of drug-likeness (QED) is 0.680. The van der Waals surface area contributed by atoms with Crippen molar-refractivity contribution in [2.75, 3.05) is 0 Å². The van der Waals surface area contributed by atoms with Crippen molar-refractivity contribution in [3.8, 4) is 0 Å². The van der Waals surface area contributed by atoms with Crippen LogP contribution < -0.4 is 5.32 Å². The summed E-state index contributed by atoms with van der Waals surface area (Å²) >= 11 is 0. The normalized spacial score (nSPS) is 26.2. The van der Waals surface area contributed by atoms with Gasteiger partial charge in [0.25, 0.3) is 0 Å². The lowest BCUT2D eigenvalue weighted by Crippen LogP contribution is -2.50. The van der Waals surface area contributed by atoms with Crippen LogP contribution in [0.4, 0.5) is 0 Å². The Hall–Kier alpha value is -1.10. The van der Waals surface area contributed by atoms with Crippen LogP contribution in [0.3, 0.4) is 0 Å². The van der Waals surface area contributed by atoms with Crippen molar-refractivity contribution >= 4 is 11.9 Å². The molecular formula is C12H21NO4. The molecule has 0 aromatic carbocycles. The summed E-state index contributed by atoms with van der Waals surface area (Å²) in [6.07, 6.45) is 1.64. The van der Waals surface area contributed by atoms with Crippen molar-refractivity contribution in [2.45, 2.75) is 52.2 Å². The molecule has 1 amide bonds. The minimum atomic E-state index is -1.22. The van der Waals surface area contributed by atoms with Gasteiger partial charge in [0, 0.05) is 5.92 Å². The molecule has 0 heterocycles. The highest BCUT2D eigenvalue weighted by Crippen LogP contribution is 2.42. The molecule has 1 rings (SSSR count). The minimum absolute atomic E-state index is 0.0914. The van der Waals surface area contributed by atoms with Crippen LogP contribution in [0.15, 0.2) is 0 Å². The number of carbonyl (C=O) groups is 2. The number of hydrogen-bond acceptors (Lipinski definition) is 3. The molecule has 0 aromatic rings. The number of hydrogen-bond donors (Lipinski definition) is 3. The smallest absolute Gasteiger partial charge is 0.328 e. The first kappa shape index (κ1) is 14.0. The summed E-state index contributed by atoms with van der Waals surface area (Å²) in [6.45, 7) is 5.39. The number of nitrogens with one attached hydrogen (secondary N) is 1. The van der Waals surface area contributed by atoms with Gasteiger partial charge in [-0.2, -0.15) is 0 Å². The minimum Gasteiger partial charge on any atom is -0.480 e. The maximum Gasteiger partial charge on any atom is 0.328 e. The molecule has 0 bridgehead atoms. The Kier molecular flexibility index (Phi) is 4.14. The van der Waals surface area contributed by atoms with Crippen LogP contribution in [0.25, 0.3) is 0 Å². The van der Waals surface area contributed by atoms with Crippen LogP contribution in [0, 0.1) is 11.3 Å². The zero-order chi connectivity index (χ0) is 13.2. The highest BCUT2D eigenvalue weighted by Gasteiger charge is 2.40. The number of aliphatic hydroxyl groups is 1. The molecule has 98 valence electrons. The Labute approximate surface area is 101 Å². The summed E-state index contributed by atoms with van der Waals surface area (Å²) in [7, 11) is 0. The number of carbonyl (C=O) groups excluding carboxylic acids is 1. The van der Waals surface area contributed by atoms with E-state index >= 15 is 0 Å². The van der Waals surface area contributed by atoms with E-state index in [2.05, 4.69) is 5.32 Å². The predicted octanol–water partition coefficient (Wildman–Crippen LogP) is 0.763. The van der Waals surface area contributed by atoms with Gasteiger partial charge in [0.1, 0.15) is 0 Å². The maximum absolute atomic E-state index is 12.0. The monoisotopic (exact) mass is 243 g/mol. The zero-order valence-electron chi connectivity index (χ0n) is 10.6. The van der Waals surface area contributed by atoms with E-state index in [1.165, 1.54) is 6.92 Å². The fourth-order valence-electron chi connectivity index (χ4n) is 2.46. The zero-order valence-corrected chi connectivity index (χ0v) is 10.6. The third kappa shape index (κ3) is 3.19. The van der Waals surface area contributed by atoms with Gasteiger partial charge in [0.05, 0.1) is 6.10 Å². The summed E-state index contributed by atoms with van der Waals surface area (Å²) in [4.78, 5) is 22.9. The highest BCUT2D eigenvalue weighted by molar-refractivity contribution is 5.86. The molecule has 1 saturated carbocycles. The maximum atomic E-state index is 12.0. The van der Waals surface area contributed by atoms with Crippen LogP contribution in [0.2, 0.25) is 0 Å². The van der Waals surface area contributed by atoms with Crippen LogP contribution in [0.5, 0.6) is 0 Å². The molecule has 0 spiro atoms. The van der Waals surface area contributed by atoms with E-state index in [-0.39, 0.29) is 17.2 Å². The number of carboxylic acids is 1. The fraction of sp³-hybridized carbons (Fsp3) is 0.833. The lowest BCUT2D eigenvalue weighted by Gasteiger charge is -2.28. The molecule has 1 aliphatic rings. The average molecular weight is 243 g/mol. The molecule has 0 radical (unpaired) electrons. The number of rotatable bonds is 4. The van der Waals surface area contributed by atoms with Crippen molar-refractivity contribution in [3.63, 3.8) is 0 Å². The second-order valence-corrected chi connectivity index (χ2v) is 5.50. The third-order valence-electron chi connectivity index (χ3n) is 3.62. The molecule has 1 fully saturated rings. The van der Waals surface area contributed by atoms with E-state index in [9.17, 15) is 14.7 Å². The average Bonchev–Trinajstić information content (AvgIpc) is 2.53. The molecule has 5 nitrogen and oxygen atoms in total. The number of aliphatic hydroxyl groups excluding tert-OH is 1. The molecular weight excluding hydrogens is 222 g/mol. The SMILES string of the molecule is C[C@@H](O)[C@H](NC(=O)C1CCCC1(C)C)C(=O)O. The second-order valence-electron chi connectivity index (χ2n) is 5.50.